The van der Waals surface area contributed by atoms with Crippen molar-refractivity contribution >= 4 is 6.09 Å². The highest BCUT2D eigenvalue weighted by Gasteiger charge is 2.05. The van der Waals surface area contributed by atoms with E-state index in [-0.39, 0.29) is 0 Å². The molecule has 0 fully saturated rings. The maximum Gasteiger partial charge on any atom is 0.404 e. The lowest BCUT2D eigenvalue weighted by atomic mass is 10.0. The second kappa shape index (κ2) is 4.53. The lowest BCUT2D eigenvalue weighted by Gasteiger charge is -2.07. The van der Waals surface area contributed by atoms with Crippen molar-refractivity contribution < 1.29 is 9.90 Å². The molecule has 0 saturated carbocycles. The van der Waals surface area contributed by atoms with Crippen LogP contribution in [-0.4, -0.2) is 16.2 Å². The fourth-order valence-electron chi connectivity index (χ4n) is 1.62. The minimum absolute atomic E-state index is 0.316. The molecule has 1 amide bonds. The molecule has 4 nitrogen and oxygen atoms in total. The van der Waals surface area contributed by atoms with Gasteiger partial charge in [0.15, 0.2) is 0 Å². The average molecular weight is 216 g/mol. The molecule has 3 N–H and O–H groups in total. The van der Waals surface area contributed by atoms with Gasteiger partial charge in [-0.3, -0.25) is 0 Å². The first-order chi connectivity index (χ1) is 7.77. The van der Waals surface area contributed by atoms with Crippen LogP contribution in [0.5, 0.6) is 0 Å². The Morgan fingerprint density at radius 3 is 2.81 bits per heavy atom. The van der Waals surface area contributed by atoms with Crippen molar-refractivity contribution in [1.82, 2.24) is 10.3 Å². The van der Waals surface area contributed by atoms with E-state index in [0.717, 1.165) is 16.7 Å². The van der Waals surface area contributed by atoms with Crippen molar-refractivity contribution in [3.63, 3.8) is 0 Å². The fraction of sp³-hybridized carbons (Fsp3) is 0.0833. The molecule has 0 aliphatic carbocycles. The van der Waals surface area contributed by atoms with Crippen LogP contribution in [0.25, 0.3) is 11.1 Å². The molecule has 16 heavy (non-hydrogen) atoms. The standard InChI is InChI=1S/C12H12N2O2/c15-12(16)14-8-9-3-1-2-4-11(9)10-5-6-13-7-10/h1-7,13-14H,8H2,(H,15,16). The maximum absolute atomic E-state index is 10.5. The van der Waals surface area contributed by atoms with Gasteiger partial charge in [0.05, 0.1) is 0 Å². The van der Waals surface area contributed by atoms with Crippen LogP contribution in [0.3, 0.4) is 0 Å². The van der Waals surface area contributed by atoms with E-state index >= 15 is 0 Å². The summed E-state index contributed by atoms with van der Waals surface area (Å²) in [6.07, 6.45) is 2.72. The van der Waals surface area contributed by atoms with Crippen LogP contribution >= 0.6 is 0 Å². The maximum atomic E-state index is 10.5. The Bertz CT molecular complexity index is 478. The Kier molecular flexibility index (Phi) is 2.91. The largest absolute Gasteiger partial charge is 0.465 e. The number of carboxylic acid groups (broad SMARTS) is 1. The Labute approximate surface area is 92.9 Å². The molecule has 82 valence electrons. The quantitative estimate of drug-likeness (QED) is 0.737. The van der Waals surface area contributed by atoms with Gasteiger partial charge in [-0.25, -0.2) is 4.79 Å². The number of nitrogens with one attached hydrogen (secondary N) is 2. The molecule has 0 radical (unpaired) electrons. The number of benzene rings is 1. The van der Waals surface area contributed by atoms with Crippen molar-refractivity contribution in [3.05, 3.63) is 48.3 Å². The molecule has 0 atom stereocenters. The number of H-pyrrole nitrogens is 1. The Morgan fingerprint density at radius 2 is 2.12 bits per heavy atom. The summed E-state index contributed by atoms with van der Waals surface area (Å²) < 4.78 is 0. The van der Waals surface area contributed by atoms with E-state index < -0.39 is 6.09 Å². The lowest BCUT2D eigenvalue weighted by Crippen LogP contribution is -2.20. The Balaban J connectivity index is 2.27. The summed E-state index contributed by atoms with van der Waals surface area (Å²) in [6.45, 7) is 0.316. The highest BCUT2D eigenvalue weighted by molar-refractivity contribution is 5.68. The van der Waals surface area contributed by atoms with Gasteiger partial charge in [0.2, 0.25) is 0 Å². The minimum Gasteiger partial charge on any atom is -0.465 e. The van der Waals surface area contributed by atoms with E-state index in [2.05, 4.69) is 10.3 Å². The molecule has 1 heterocycles. The molecule has 2 aromatic rings. The highest BCUT2D eigenvalue weighted by atomic mass is 16.4. The van der Waals surface area contributed by atoms with Crippen molar-refractivity contribution in [1.29, 1.82) is 0 Å². The van der Waals surface area contributed by atoms with Crippen LogP contribution in [0, 0.1) is 0 Å². The first-order valence-electron chi connectivity index (χ1n) is 4.95. The van der Waals surface area contributed by atoms with Crippen LogP contribution in [0.4, 0.5) is 4.79 Å². The predicted octanol–water partition coefficient (Wildman–Crippen LogP) is 2.45. The van der Waals surface area contributed by atoms with E-state index in [0.29, 0.717) is 6.54 Å². The van der Waals surface area contributed by atoms with Crippen molar-refractivity contribution in [2.75, 3.05) is 0 Å². The number of aromatic amines is 1. The summed E-state index contributed by atoms with van der Waals surface area (Å²) in [6, 6.07) is 9.68. The zero-order valence-corrected chi connectivity index (χ0v) is 8.60. The van der Waals surface area contributed by atoms with Crippen molar-refractivity contribution in [2.24, 2.45) is 0 Å². The molecule has 0 aliphatic rings. The molecule has 0 spiro atoms. The molecule has 2 rings (SSSR count). The number of carbonyl (C=O) groups is 1. The van der Waals surface area contributed by atoms with Gasteiger partial charge >= 0.3 is 6.09 Å². The molecule has 4 heteroatoms. The van der Waals surface area contributed by atoms with Crippen LogP contribution < -0.4 is 5.32 Å². The minimum atomic E-state index is -1.01. The van der Waals surface area contributed by atoms with Gasteiger partial charge < -0.3 is 15.4 Å². The van der Waals surface area contributed by atoms with Crippen LogP contribution in [0.15, 0.2) is 42.7 Å². The summed E-state index contributed by atoms with van der Waals surface area (Å²) in [5.41, 5.74) is 3.06. The third kappa shape index (κ3) is 2.23. The molecule has 0 bridgehead atoms. The number of rotatable bonds is 3. The van der Waals surface area contributed by atoms with E-state index in [1.54, 1.807) is 0 Å². The van der Waals surface area contributed by atoms with E-state index in [1.807, 2.05) is 42.7 Å². The topological polar surface area (TPSA) is 65.1 Å². The smallest absolute Gasteiger partial charge is 0.404 e. The second-order valence-corrected chi connectivity index (χ2v) is 3.42. The van der Waals surface area contributed by atoms with Gasteiger partial charge in [0.1, 0.15) is 0 Å². The number of aromatic nitrogens is 1. The Morgan fingerprint density at radius 1 is 1.31 bits per heavy atom. The molecule has 1 aromatic carbocycles. The third-order valence-electron chi connectivity index (χ3n) is 2.36. The normalized spacial score (nSPS) is 10.0. The molecule has 0 aliphatic heterocycles. The molecular weight excluding hydrogens is 204 g/mol. The number of hydrogen-bond donors (Lipinski definition) is 3. The van der Waals surface area contributed by atoms with Gasteiger partial charge in [-0.1, -0.05) is 24.3 Å². The van der Waals surface area contributed by atoms with E-state index in [1.165, 1.54) is 0 Å². The SMILES string of the molecule is O=C(O)NCc1ccccc1-c1cc[nH]c1. The zero-order chi connectivity index (χ0) is 11.4. The molecule has 0 saturated heterocycles. The van der Waals surface area contributed by atoms with E-state index in [4.69, 9.17) is 5.11 Å². The second-order valence-electron chi connectivity index (χ2n) is 3.42. The summed E-state index contributed by atoms with van der Waals surface area (Å²) >= 11 is 0. The number of hydrogen-bond acceptors (Lipinski definition) is 1. The average Bonchev–Trinajstić information content (AvgIpc) is 2.80. The van der Waals surface area contributed by atoms with Gasteiger partial charge in [0.25, 0.3) is 0 Å². The number of amides is 1. The zero-order valence-electron chi connectivity index (χ0n) is 8.60. The van der Waals surface area contributed by atoms with Crippen LogP contribution in [0.2, 0.25) is 0 Å². The summed E-state index contributed by atoms with van der Waals surface area (Å²) in [7, 11) is 0. The van der Waals surface area contributed by atoms with Gasteiger partial charge in [-0.2, -0.15) is 0 Å². The molecule has 1 aromatic heterocycles. The summed E-state index contributed by atoms with van der Waals surface area (Å²) in [4.78, 5) is 13.4. The van der Waals surface area contributed by atoms with Gasteiger partial charge in [-0.15, -0.1) is 0 Å². The third-order valence-corrected chi connectivity index (χ3v) is 2.36. The van der Waals surface area contributed by atoms with E-state index in [9.17, 15) is 4.79 Å². The van der Waals surface area contributed by atoms with Gasteiger partial charge in [0, 0.05) is 18.9 Å². The fourth-order valence-corrected chi connectivity index (χ4v) is 1.62. The molecule has 0 unspecified atom stereocenters. The Hall–Kier alpha value is -2.23. The first-order valence-corrected chi connectivity index (χ1v) is 4.95. The molecular formula is C12H12N2O2. The highest BCUT2D eigenvalue weighted by Crippen LogP contribution is 2.22. The van der Waals surface area contributed by atoms with Crippen LogP contribution in [0.1, 0.15) is 5.56 Å². The van der Waals surface area contributed by atoms with Crippen molar-refractivity contribution in [3.8, 4) is 11.1 Å². The summed E-state index contributed by atoms with van der Waals surface area (Å²) in [5, 5.41) is 10.9. The van der Waals surface area contributed by atoms with Crippen LogP contribution in [-0.2, 0) is 6.54 Å². The van der Waals surface area contributed by atoms with Gasteiger partial charge in [-0.05, 0) is 22.8 Å². The summed E-state index contributed by atoms with van der Waals surface area (Å²) in [5.74, 6) is 0. The first kappa shape index (κ1) is 10.3. The monoisotopic (exact) mass is 216 g/mol. The lowest BCUT2D eigenvalue weighted by molar-refractivity contribution is 0.194. The predicted molar refractivity (Wildman–Crippen MR) is 61.1 cm³/mol. The van der Waals surface area contributed by atoms with Crippen molar-refractivity contribution in [2.45, 2.75) is 6.54 Å².